The Morgan fingerprint density at radius 3 is 2.79 bits per heavy atom. The molecule has 1 aromatic heterocycles. The van der Waals surface area contributed by atoms with Crippen molar-refractivity contribution in [1.82, 2.24) is 4.90 Å². The maximum atomic E-state index is 13.3. The molecule has 2 aromatic rings. The average molecular weight is 299 g/mol. The molecule has 0 atom stereocenters. The van der Waals surface area contributed by atoms with Gasteiger partial charge in [-0.15, -0.1) is 11.3 Å². The van der Waals surface area contributed by atoms with Crippen molar-refractivity contribution >= 4 is 34.5 Å². The van der Waals surface area contributed by atoms with Gasteiger partial charge in [0.25, 0.3) is 5.91 Å². The van der Waals surface area contributed by atoms with Crippen LogP contribution in [-0.4, -0.2) is 17.9 Å². The molecule has 100 valence electrons. The summed E-state index contributed by atoms with van der Waals surface area (Å²) in [6.07, 6.45) is 0. The Bertz CT molecular complexity index is 614. The van der Waals surface area contributed by atoms with E-state index in [0.29, 0.717) is 10.9 Å². The van der Waals surface area contributed by atoms with Gasteiger partial charge >= 0.3 is 0 Å². The van der Waals surface area contributed by atoms with Crippen LogP contribution in [-0.2, 0) is 6.54 Å². The number of nitrogen functional groups attached to an aromatic ring is 1. The molecule has 2 rings (SSSR count). The molecule has 6 heteroatoms. The van der Waals surface area contributed by atoms with Crippen LogP contribution >= 0.6 is 22.9 Å². The largest absolute Gasteiger partial charge is 0.396 e. The number of carbonyl (C=O) groups is 1. The van der Waals surface area contributed by atoms with Gasteiger partial charge in [0.05, 0.1) is 22.1 Å². The van der Waals surface area contributed by atoms with Crippen LogP contribution in [0.3, 0.4) is 0 Å². The Labute approximate surface area is 119 Å². The molecule has 1 amide bonds. The number of hydrogen-bond donors (Lipinski definition) is 1. The molecular weight excluding hydrogens is 287 g/mol. The first-order valence-electron chi connectivity index (χ1n) is 5.52. The molecule has 19 heavy (non-hydrogen) atoms. The molecule has 1 heterocycles. The molecule has 0 radical (unpaired) electrons. The normalized spacial score (nSPS) is 10.5. The SMILES string of the molecule is CN(Cc1ccc(Cl)s1)C(=O)c1cccc(F)c1N. The van der Waals surface area contributed by atoms with Crippen LogP contribution in [0.25, 0.3) is 0 Å². The fourth-order valence-corrected chi connectivity index (χ4v) is 2.81. The van der Waals surface area contributed by atoms with Crippen molar-refractivity contribution in [3.05, 3.63) is 50.9 Å². The number of nitrogens with zero attached hydrogens (tertiary/aromatic N) is 1. The third-order valence-corrected chi connectivity index (χ3v) is 3.87. The van der Waals surface area contributed by atoms with E-state index in [2.05, 4.69) is 0 Å². The van der Waals surface area contributed by atoms with Crippen molar-refractivity contribution in [2.45, 2.75) is 6.54 Å². The highest BCUT2D eigenvalue weighted by Gasteiger charge is 2.17. The molecule has 0 bridgehead atoms. The number of nitrogens with two attached hydrogens (primary N) is 1. The predicted molar refractivity (Wildman–Crippen MR) is 75.9 cm³/mol. The molecule has 0 aliphatic rings. The number of halogens is 2. The van der Waals surface area contributed by atoms with E-state index in [-0.39, 0.29) is 17.2 Å². The highest BCUT2D eigenvalue weighted by Crippen LogP contribution is 2.24. The zero-order valence-electron chi connectivity index (χ0n) is 10.2. The average Bonchev–Trinajstić information content (AvgIpc) is 2.77. The Morgan fingerprint density at radius 2 is 2.16 bits per heavy atom. The first kappa shape index (κ1) is 13.8. The summed E-state index contributed by atoms with van der Waals surface area (Å²) in [5, 5.41) is 0. The zero-order chi connectivity index (χ0) is 14.0. The van der Waals surface area contributed by atoms with Crippen molar-refractivity contribution in [1.29, 1.82) is 0 Å². The first-order valence-corrected chi connectivity index (χ1v) is 6.72. The zero-order valence-corrected chi connectivity index (χ0v) is 11.8. The number of para-hydroxylation sites is 1. The number of hydrogen-bond acceptors (Lipinski definition) is 3. The second-order valence-corrected chi connectivity index (χ2v) is 5.87. The Balaban J connectivity index is 2.17. The van der Waals surface area contributed by atoms with Crippen molar-refractivity contribution in [3.63, 3.8) is 0 Å². The van der Waals surface area contributed by atoms with E-state index in [4.69, 9.17) is 17.3 Å². The van der Waals surface area contributed by atoms with E-state index >= 15 is 0 Å². The van der Waals surface area contributed by atoms with Gasteiger partial charge in [-0.3, -0.25) is 4.79 Å². The summed E-state index contributed by atoms with van der Waals surface area (Å²) in [5.74, 6) is -0.903. The smallest absolute Gasteiger partial charge is 0.256 e. The highest BCUT2D eigenvalue weighted by molar-refractivity contribution is 7.16. The fraction of sp³-hybridized carbons (Fsp3) is 0.154. The monoisotopic (exact) mass is 298 g/mol. The third kappa shape index (κ3) is 3.05. The molecule has 0 aliphatic heterocycles. The number of carbonyl (C=O) groups excluding carboxylic acids is 1. The van der Waals surface area contributed by atoms with Crippen LogP contribution in [0, 0.1) is 5.82 Å². The first-order chi connectivity index (χ1) is 8.99. The molecule has 0 saturated heterocycles. The van der Waals surface area contributed by atoms with E-state index in [0.717, 1.165) is 4.88 Å². The number of anilines is 1. The number of benzene rings is 1. The van der Waals surface area contributed by atoms with Crippen LogP contribution in [0.4, 0.5) is 10.1 Å². The van der Waals surface area contributed by atoms with E-state index in [1.165, 1.54) is 34.4 Å². The lowest BCUT2D eigenvalue weighted by atomic mass is 10.1. The van der Waals surface area contributed by atoms with E-state index < -0.39 is 5.82 Å². The number of amides is 1. The minimum Gasteiger partial charge on any atom is -0.396 e. The number of thiophene rings is 1. The summed E-state index contributed by atoms with van der Waals surface area (Å²) < 4.78 is 14.0. The summed E-state index contributed by atoms with van der Waals surface area (Å²) >= 11 is 7.23. The van der Waals surface area contributed by atoms with E-state index in [9.17, 15) is 9.18 Å². The van der Waals surface area contributed by atoms with Crippen LogP contribution in [0.1, 0.15) is 15.2 Å². The summed E-state index contributed by atoms with van der Waals surface area (Å²) in [4.78, 5) is 14.6. The minimum absolute atomic E-state index is 0.122. The minimum atomic E-state index is -0.585. The van der Waals surface area contributed by atoms with Gasteiger partial charge in [0.2, 0.25) is 0 Å². The molecule has 0 unspecified atom stereocenters. The van der Waals surface area contributed by atoms with Crippen LogP contribution in [0.5, 0.6) is 0 Å². The molecule has 1 aromatic carbocycles. The summed E-state index contributed by atoms with van der Waals surface area (Å²) in [7, 11) is 1.64. The Kier molecular flexibility index (Phi) is 4.07. The van der Waals surface area contributed by atoms with Crippen molar-refractivity contribution in [2.24, 2.45) is 0 Å². The maximum absolute atomic E-state index is 13.3. The second kappa shape index (κ2) is 5.59. The van der Waals surface area contributed by atoms with Gasteiger partial charge in [0, 0.05) is 11.9 Å². The predicted octanol–water partition coefficient (Wildman–Crippen LogP) is 3.40. The number of rotatable bonds is 3. The molecular formula is C13H12ClFN2OS. The fourth-order valence-electron chi connectivity index (χ4n) is 1.67. The lowest BCUT2D eigenvalue weighted by molar-refractivity contribution is 0.0787. The lowest BCUT2D eigenvalue weighted by Gasteiger charge is -2.17. The molecule has 2 N–H and O–H groups in total. The molecule has 0 aliphatic carbocycles. The Morgan fingerprint density at radius 1 is 1.42 bits per heavy atom. The van der Waals surface area contributed by atoms with E-state index in [1.54, 1.807) is 13.1 Å². The summed E-state index contributed by atoms with van der Waals surface area (Å²) in [6.45, 7) is 0.409. The van der Waals surface area contributed by atoms with Gasteiger partial charge in [-0.1, -0.05) is 17.7 Å². The van der Waals surface area contributed by atoms with Crippen molar-refractivity contribution in [2.75, 3.05) is 12.8 Å². The highest BCUT2D eigenvalue weighted by atomic mass is 35.5. The molecule has 3 nitrogen and oxygen atoms in total. The Hall–Kier alpha value is -1.59. The van der Waals surface area contributed by atoms with Crippen molar-refractivity contribution in [3.8, 4) is 0 Å². The summed E-state index contributed by atoms with van der Waals surface area (Å²) in [5.41, 5.74) is 5.63. The maximum Gasteiger partial charge on any atom is 0.256 e. The quantitative estimate of drug-likeness (QED) is 0.883. The molecule has 0 fully saturated rings. The van der Waals surface area contributed by atoms with Crippen LogP contribution in [0.2, 0.25) is 4.34 Å². The third-order valence-electron chi connectivity index (χ3n) is 2.65. The standard InChI is InChI=1S/C13H12ClFN2OS/c1-17(7-8-5-6-11(14)19-8)13(18)9-3-2-4-10(15)12(9)16/h2-6H,7,16H2,1H3. The molecule has 0 saturated carbocycles. The second-order valence-electron chi connectivity index (χ2n) is 4.07. The van der Waals surface area contributed by atoms with Crippen molar-refractivity contribution < 1.29 is 9.18 Å². The van der Waals surface area contributed by atoms with Gasteiger partial charge in [-0.25, -0.2) is 4.39 Å². The van der Waals surface area contributed by atoms with Gasteiger partial charge in [0.15, 0.2) is 0 Å². The van der Waals surface area contributed by atoms with E-state index in [1.807, 2.05) is 6.07 Å². The topological polar surface area (TPSA) is 46.3 Å². The van der Waals surface area contributed by atoms with Gasteiger partial charge in [0.1, 0.15) is 5.82 Å². The summed E-state index contributed by atoms with van der Waals surface area (Å²) in [6, 6.07) is 7.83. The van der Waals surface area contributed by atoms with Gasteiger partial charge in [-0.05, 0) is 24.3 Å². The van der Waals surface area contributed by atoms with Crippen LogP contribution in [0.15, 0.2) is 30.3 Å². The molecule has 0 spiro atoms. The van der Waals surface area contributed by atoms with Gasteiger partial charge in [-0.2, -0.15) is 0 Å². The lowest BCUT2D eigenvalue weighted by Crippen LogP contribution is -2.26. The van der Waals surface area contributed by atoms with Gasteiger partial charge < -0.3 is 10.6 Å². The van der Waals surface area contributed by atoms with Crippen LogP contribution < -0.4 is 5.73 Å².